The van der Waals surface area contributed by atoms with E-state index >= 15 is 0 Å². The molecule has 2 rings (SSSR count). The molecule has 1 heteroatoms. The molecule has 0 aliphatic carbocycles. The van der Waals surface area contributed by atoms with E-state index in [1.165, 1.54) is 27.7 Å². The maximum atomic E-state index is 2.29. The first-order chi connectivity index (χ1) is 7.65. The highest BCUT2D eigenvalue weighted by atomic mass is 14.0. The smallest absolute Gasteiger partial charge is 0.0858 e. The highest BCUT2D eigenvalue weighted by Gasteiger charge is 1.98. The van der Waals surface area contributed by atoms with Crippen molar-refractivity contribution < 1.29 is 0 Å². The first-order valence-electron chi connectivity index (χ1n) is 5.77. The van der Waals surface area contributed by atoms with Gasteiger partial charge in [0.05, 0.1) is 0 Å². The van der Waals surface area contributed by atoms with Crippen LogP contribution in [-0.2, 0) is 6.42 Å². The Bertz CT molecular complexity index is 483. The summed E-state index contributed by atoms with van der Waals surface area (Å²) in [5, 5.41) is 0. The molecule has 0 saturated heterocycles. The van der Waals surface area contributed by atoms with E-state index in [9.17, 15) is 0 Å². The Balaban J connectivity index is 2.20. The van der Waals surface area contributed by atoms with Gasteiger partial charge < -0.3 is 0 Å². The number of aryl methyl sites for hydroxylation is 2. The maximum absolute atomic E-state index is 2.29. The Kier molecular flexibility index (Phi) is 3.14. The van der Waals surface area contributed by atoms with Crippen molar-refractivity contribution in [3.05, 3.63) is 64.7 Å². The molecule has 0 fully saturated rings. The van der Waals surface area contributed by atoms with Crippen molar-refractivity contribution in [2.45, 2.75) is 20.3 Å². The molecule has 0 N–H and O–H groups in total. The monoisotopic (exact) mass is 208 g/mol. The van der Waals surface area contributed by atoms with Gasteiger partial charge in [0.2, 0.25) is 0 Å². The summed E-state index contributed by atoms with van der Waals surface area (Å²) < 4.78 is 0. The lowest BCUT2D eigenvalue weighted by Crippen LogP contribution is -2.08. The molecule has 0 atom stereocenters. The first kappa shape index (κ1) is 11.0. The van der Waals surface area contributed by atoms with Gasteiger partial charge in [-0.2, -0.15) is 0 Å². The van der Waals surface area contributed by atoms with Crippen molar-refractivity contribution in [3.8, 4) is 0 Å². The van der Waals surface area contributed by atoms with Crippen LogP contribution in [0.25, 0.3) is 0 Å². The third-order valence-corrected chi connectivity index (χ3v) is 3.10. The van der Waals surface area contributed by atoms with E-state index in [-0.39, 0.29) is 0 Å². The minimum atomic E-state index is 1.03. The van der Waals surface area contributed by atoms with Crippen LogP contribution in [0.15, 0.2) is 42.5 Å². The number of rotatable bonds is 2. The molecule has 0 nitrogen and oxygen atoms in total. The Morgan fingerprint density at radius 1 is 0.875 bits per heavy atom. The molecule has 16 heavy (non-hydrogen) atoms. The van der Waals surface area contributed by atoms with Crippen molar-refractivity contribution in [1.82, 2.24) is 0 Å². The summed E-state index contributed by atoms with van der Waals surface area (Å²) in [5.41, 5.74) is 6.85. The van der Waals surface area contributed by atoms with Gasteiger partial charge in [0.1, 0.15) is 7.85 Å². The maximum Gasteiger partial charge on any atom is 0.139 e. The summed E-state index contributed by atoms with van der Waals surface area (Å²) in [7, 11) is 2.17. The minimum absolute atomic E-state index is 1.03. The summed E-state index contributed by atoms with van der Waals surface area (Å²) in [6, 6.07) is 15.5. The molecule has 0 spiro atoms. The van der Waals surface area contributed by atoms with Gasteiger partial charge in [0.15, 0.2) is 0 Å². The molecular weight excluding hydrogens is 191 g/mol. The Hall–Kier alpha value is -1.50. The van der Waals surface area contributed by atoms with Gasteiger partial charge in [0.25, 0.3) is 0 Å². The fourth-order valence-corrected chi connectivity index (χ4v) is 1.86. The summed E-state index contributed by atoms with van der Waals surface area (Å²) in [4.78, 5) is 0. The molecule has 0 unspecified atom stereocenters. The second kappa shape index (κ2) is 4.57. The molecule has 2 aromatic rings. The first-order valence-corrected chi connectivity index (χ1v) is 5.77. The van der Waals surface area contributed by atoms with Gasteiger partial charge in [-0.1, -0.05) is 59.1 Å². The molecule has 0 bridgehead atoms. The van der Waals surface area contributed by atoms with Crippen LogP contribution in [0, 0.1) is 13.8 Å². The fourth-order valence-electron chi connectivity index (χ4n) is 1.86. The van der Waals surface area contributed by atoms with E-state index in [0.717, 1.165) is 6.42 Å². The van der Waals surface area contributed by atoms with Crippen LogP contribution in [0.4, 0.5) is 0 Å². The lowest BCUT2D eigenvalue weighted by Gasteiger charge is -2.06. The molecule has 80 valence electrons. The zero-order chi connectivity index (χ0) is 11.5. The Morgan fingerprint density at radius 2 is 1.50 bits per heavy atom. The van der Waals surface area contributed by atoms with E-state index < -0.39 is 0 Å². The van der Waals surface area contributed by atoms with E-state index in [2.05, 4.69) is 64.2 Å². The van der Waals surface area contributed by atoms with Crippen molar-refractivity contribution >= 4 is 13.3 Å². The van der Waals surface area contributed by atoms with E-state index in [4.69, 9.17) is 0 Å². The van der Waals surface area contributed by atoms with Crippen LogP contribution >= 0.6 is 0 Å². The third-order valence-electron chi connectivity index (χ3n) is 3.10. The van der Waals surface area contributed by atoms with Gasteiger partial charge in [-0.15, -0.1) is 0 Å². The zero-order valence-corrected chi connectivity index (χ0v) is 10.2. The van der Waals surface area contributed by atoms with Gasteiger partial charge in [0, 0.05) is 0 Å². The summed E-state index contributed by atoms with van der Waals surface area (Å²) in [6.45, 7) is 4.28. The average Bonchev–Trinajstić information content (AvgIpc) is 2.27. The Labute approximate surface area is 98.7 Å². The zero-order valence-electron chi connectivity index (χ0n) is 10.2. The standard InChI is InChI=1S/C15H17B/c1-11-3-6-13(7-4-11)9-14-8-5-12(2)15(16)10-14/h3-8,10H,9,16H2,1-2H3. The van der Waals surface area contributed by atoms with Crippen LogP contribution < -0.4 is 5.46 Å². The van der Waals surface area contributed by atoms with Crippen molar-refractivity contribution in [3.63, 3.8) is 0 Å². The highest BCUT2D eigenvalue weighted by Crippen LogP contribution is 2.10. The van der Waals surface area contributed by atoms with E-state index in [1.807, 2.05) is 0 Å². The molecule has 0 radical (unpaired) electrons. The quantitative estimate of drug-likeness (QED) is 0.663. The summed E-state index contributed by atoms with van der Waals surface area (Å²) in [5.74, 6) is 0. The third kappa shape index (κ3) is 2.54. The topological polar surface area (TPSA) is 0 Å². The van der Waals surface area contributed by atoms with Crippen LogP contribution in [0.3, 0.4) is 0 Å². The second-order valence-corrected chi connectivity index (χ2v) is 4.58. The SMILES string of the molecule is Bc1cc(Cc2ccc(C)cc2)ccc1C. The molecule has 0 aliphatic rings. The lowest BCUT2D eigenvalue weighted by atomic mass is 9.88. The second-order valence-electron chi connectivity index (χ2n) is 4.58. The summed E-state index contributed by atoms with van der Waals surface area (Å²) in [6.07, 6.45) is 1.03. The normalized spacial score (nSPS) is 10.4. The molecule has 0 heterocycles. The van der Waals surface area contributed by atoms with E-state index in [1.54, 1.807) is 0 Å². The molecule has 0 saturated carbocycles. The number of hydrogen-bond donors (Lipinski definition) is 0. The van der Waals surface area contributed by atoms with Crippen molar-refractivity contribution in [2.24, 2.45) is 0 Å². The molecule has 0 aromatic heterocycles. The largest absolute Gasteiger partial charge is 0.139 e. The molecule has 2 aromatic carbocycles. The Morgan fingerprint density at radius 3 is 2.12 bits per heavy atom. The number of hydrogen-bond acceptors (Lipinski definition) is 0. The summed E-state index contributed by atoms with van der Waals surface area (Å²) >= 11 is 0. The van der Waals surface area contributed by atoms with Gasteiger partial charge in [-0.25, -0.2) is 0 Å². The molecule has 0 aliphatic heterocycles. The van der Waals surface area contributed by atoms with Crippen molar-refractivity contribution in [2.75, 3.05) is 0 Å². The van der Waals surface area contributed by atoms with E-state index in [0.29, 0.717) is 0 Å². The minimum Gasteiger partial charge on any atom is -0.0858 e. The van der Waals surface area contributed by atoms with Gasteiger partial charge in [-0.3, -0.25) is 0 Å². The predicted molar refractivity (Wildman–Crippen MR) is 73.3 cm³/mol. The van der Waals surface area contributed by atoms with Crippen LogP contribution in [0.2, 0.25) is 0 Å². The predicted octanol–water partition coefficient (Wildman–Crippen LogP) is 2.15. The van der Waals surface area contributed by atoms with Crippen LogP contribution in [-0.4, -0.2) is 7.85 Å². The van der Waals surface area contributed by atoms with Crippen LogP contribution in [0.5, 0.6) is 0 Å². The van der Waals surface area contributed by atoms with Crippen molar-refractivity contribution in [1.29, 1.82) is 0 Å². The lowest BCUT2D eigenvalue weighted by molar-refractivity contribution is 1.19. The van der Waals surface area contributed by atoms with Gasteiger partial charge >= 0.3 is 0 Å². The number of benzene rings is 2. The molecule has 0 amide bonds. The fraction of sp³-hybridized carbons (Fsp3) is 0.200. The van der Waals surface area contributed by atoms with Gasteiger partial charge in [-0.05, 0) is 31.4 Å². The van der Waals surface area contributed by atoms with Crippen LogP contribution in [0.1, 0.15) is 22.3 Å². The molecular formula is C15H17B. The highest BCUT2D eigenvalue weighted by molar-refractivity contribution is 6.33. The average molecular weight is 208 g/mol.